The van der Waals surface area contributed by atoms with Gasteiger partial charge in [0.25, 0.3) is 11.8 Å². The number of para-hydroxylation sites is 1. The molecule has 0 atom stereocenters. The molecule has 0 aliphatic carbocycles. The second-order valence-electron chi connectivity index (χ2n) is 7.51. The van der Waals surface area contributed by atoms with E-state index >= 15 is 0 Å². The molecule has 1 heterocycles. The largest absolute Gasteiger partial charge is 0.493 e. The maximum Gasteiger partial charge on any atom is 0.256 e. The van der Waals surface area contributed by atoms with Gasteiger partial charge in [-0.2, -0.15) is 0 Å². The van der Waals surface area contributed by atoms with Crippen molar-refractivity contribution < 1.29 is 19.1 Å². The molecule has 0 aromatic heterocycles. The van der Waals surface area contributed by atoms with Crippen molar-refractivity contribution in [3.63, 3.8) is 0 Å². The maximum atomic E-state index is 12.9. The van der Waals surface area contributed by atoms with Gasteiger partial charge in [0.15, 0.2) is 0 Å². The van der Waals surface area contributed by atoms with Crippen molar-refractivity contribution in [1.82, 2.24) is 4.90 Å². The van der Waals surface area contributed by atoms with Crippen molar-refractivity contribution in [3.05, 3.63) is 95.6 Å². The molecule has 0 unspecified atom stereocenters. The Morgan fingerprint density at radius 2 is 1.56 bits per heavy atom. The van der Waals surface area contributed by atoms with Gasteiger partial charge in [0, 0.05) is 25.1 Å². The molecule has 3 aromatic rings. The van der Waals surface area contributed by atoms with E-state index in [4.69, 9.17) is 9.47 Å². The molecular weight excluding hydrogens is 404 g/mol. The van der Waals surface area contributed by atoms with Crippen LogP contribution in [0.5, 0.6) is 5.75 Å². The average Bonchev–Trinajstić information content (AvgIpc) is 2.85. The highest BCUT2D eigenvalue weighted by Crippen LogP contribution is 2.20. The lowest BCUT2D eigenvalue weighted by Crippen LogP contribution is -2.41. The van der Waals surface area contributed by atoms with E-state index in [-0.39, 0.29) is 11.8 Å². The molecule has 164 valence electrons. The predicted molar refractivity (Wildman–Crippen MR) is 123 cm³/mol. The molecule has 2 amide bonds. The van der Waals surface area contributed by atoms with E-state index in [1.807, 2.05) is 18.2 Å². The molecule has 1 aliphatic heterocycles. The Labute approximate surface area is 187 Å². The summed E-state index contributed by atoms with van der Waals surface area (Å²) in [6.45, 7) is 2.71. The Hall–Kier alpha value is -3.64. The van der Waals surface area contributed by atoms with Crippen LogP contribution in [0.3, 0.4) is 0 Å². The quantitative estimate of drug-likeness (QED) is 0.615. The topological polar surface area (TPSA) is 67.9 Å². The van der Waals surface area contributed by atoms with Crippen LogP contribution in [-0.2, 0) is 11.2 Å². The van der Waals surface area contributed by atoms with E-state index in [1.165, 1.54) is 5.56 Å². The summed E-state index contributed by atoms with van der Waals surface area (Å²) in [5.74, 6) is 0.329. The summed E-state index contributed by atoms with van der Waals surface area (Å²) in [6, 6.07) is 24.2. The van der Waals surface area contributed by atoms with Gasteiger partial charge < -0.3 is 19.7 Å². The zero-order valence-electron chi connectivity index (χ0n) is 17.8. The van der Waals surface area contributed by atoms with E-state index in [0.29, 0.717) is 55.5 Å². The molecule has 0 radical (unpaired) electrons. The van der Waals surface area contributed by atoms with Gasteiger partial charge in [-0.05, 0) is 42.0 Å². The third kappa shape index (κ3) is 5.53. The number of ether oxygens (including phenoxy) is 2. The van der Waals surface area contributed by atoms with Gasteiger partial charge in [-0.1, -0.05) is 42.5 Å². The Morgan fingerprint density at radius 3 is 2.31 bits per heavy atom. The minimum Gasteiger partial charge on any atom is -0.493 e. The van der Waals surface area contributed by atoms with Crippen molar-refractivity contribution in [1.29, 1.82) is 0 Å². The minimum atomic E-state index is -0.275. The molecule has 1 N–H and O–H groups in total. The van der Waals surface area contributed by atoms with Crippen molar-refractivity contribution in [2.75, 3.05) is 38.2 Å². The summed E-state index contributed by atoms with van der Waals surface area (Å²) >= 11 is 0. The number of nitrogens with zero attached hydrogens (tertiary/aromatic N) is 1. The summed E-state index contributed by atoms with van der Waals surface area (Å²) < 4.78 is 11.1. The van der Waals surface area contributed by atoms with Gasteiger partial charge in [-0.3, -0.25) is 9.59 Å². The first-order valence-electron chi connectivity index (χ1n) is 10.7. The monoisotopic (exact) mass is 430 g/mol. The number of nitrogens with one attached hydrogen (secondary N) is 1. The molecule has 4 rings (SSSR count). The summed E-state index contributed by atoms with van der Waals surface area (Å²) in [4.78, 5) is 27.4. The fourth-order valence-corrected chi connectivity index (χ4v) is 3.54. The molecular formula is C26H26N2O4. The first-order valence-corrected chi connectivity index (χ1v) is 10.7. The highest BCUT2D eigenvalue weighted by atomic mass is 16.5. The van der Waals surface area contributed by atoms with Crippen LogP contribution < -0.4 is 10.1 Å². The molecule has 32 heavy (non-hydrogen) atoms. The Bertz CT molecular complexity index is 1040. The third-order valence-electron chi connectivity index (χ3n) is 5.32. The number of hydrogen-bond donors (Lipinski definition) is 1. The molecule has 0 spiro atoms. The third-order valence-corrected chi connectivity index (χ3v) is 5.32. The summed E-state index contributed by atoms with van der Waals surface area (Å²) in [7, 11) is 0. The van der Waals surface area contributed by atoms with Gasteiger partial charge in [0.05, 0.1) is 31.1 Å². The van der Waals surface area contributed by atoms with Crippen LogP contribution in [0.2, 0.25) is 0 Å². The van der Waals surface area contributed by atoms with Crippen molar-refractivity contribution in [2.45, 2.75) is 6.42 Å². The number of benzene rings is 3. The number of anilines is 1. The van der Waals surface area contributed by atoms with Crippen LogP contribution in [0.1, 0.15) is 26.3 Å². The molecule has 6 nitrogen and oxygen atoms in total. The van der Waals surface area contributed by atoms with Gasteiger partial charge in [-0.15, -0.1) is 0 Å². The summed E-state index contributed by atoms with van der Waals surface area (Å²) in [6.07, 6.45) is 0.817. The fraction of sp³-hybridized carbons (Fsp3) is 0.231. The Balaban J connectivity index is 1.36. The molecule has 3 aromatic carbocycles. The van der Waals surface area contributed by atoms with E-state index in [0.717, 1.165) is 6.42 Å². The summed E-state index contributed by atoms with van der Waals surface area (Å²) in [5.41, 5.74) is 2.68. The minimum absolute atomic E-state index is 0.105. The predicted octanol–water partition coefficient (Wildman–Crippen LogP) is 4.03. The van der Waals surface area contributed by atoms with Crippen LogP contribution in [0, 0.1) is 0 Å². The van der Waals surface area contributed by atoms with E-state index in [1.54, 1.807) is 53.4 Å². The smallest absolute Gasteiger partial charge is 0.256 e. The number of carbonyl (C=O) groups is 2. The first kappa shape index (κ1) is 21.6. The van der Waals surface area contributed by atoms with Gasteiger partial charge in [-0.25, -0.2) is 0 Å². The Kier molecular flexibility index (Phi) is 7.15. The van der Waals surface area contributed by atoms with Crippen molar-refractivity contribution in [3.8, 4) is 5.75 Å². The SMILES string of the molecule is O=C(Nc1ccccc1C(=O)N1CCOCC1)c1ccc(OCCc2ccccc2)cc1. The number of amides is 2. The van der Waals surface area contributed by atoms with Crippen LogP contribution in [0.15, 0.2) is 78.9 Å². The zero-order valence-corrected chi connectivity index (χ0v) is 17.8. The van der Waals surface area contributed by atoms with Gasteiger partial charge in [0.2, 0.25) is 0 Å². The standard InChI is InChI=1S/C26H26N2O4/c29-25(21-10-12-22(13-11-21)32-17-14-20-6-2-1-3-7-20)27-24-9-5-4-8-23(24)26(30)28-15-18-31-19-16-28/h1-13H,14-19H2,(H,27,29). The van der Waals surface area contributed by atoms with Crippen LogP contribution in [0.4, 0.5) is 5.69 Å². The van der Waals surface area contributed by atoms with Crippen molar-refractivity contribution in [2.24, 2.45) is 0 Å². The van der Waals surface area contributed by atoms with E-state index in [2.05, 4.69) is 17.4 Å². The molecule has 0 saturated carbocycles. The van der Waals surface area contributed by atoms with Crippen LogP contribution >= 0.6 is 0 Å². The Morgan fingerprint density at radius 1 is 0.875 bits per heavy atom. The normalized spacial score (nSPS) is 13.4. The second kappa shape index (κ2) is 10.6. The highest BCUT2D eigenvalue weighted by molar-refractivity contribution is 6.09. The van der Waals surface area contributed by atoms with Crippen LogP contribution in [-0.4, -0.2) is 49.6 Å². The van der Waals surface area contributed by atoms with E-state index < -0.39 is 0 Å². The highest BCUT2D eigenvalue weighted by Gasteiger charge is 2.21. The van der Waals surface area contributed by atoms with E-state index in [9.17, 15) is 9.59 Å². The first-order chi connectivity index (χ1) is 15.7. The number of hydrogen-bond acceptors (Lipinski definition) is 4. The van der Waals surface area contributed by atoms with Gasteiger partial charge in [0.1, 0.15) is 5.75 Å². The van der Waals surface area contributed by atoms with Crippen LogP contribution in [0.25, 0.3) is 0 Å². The molecule has 0 bridgehead atoms. The lowest BCUT2D eigenvalue weighted by molar-refractivity contribution is 0.0303. The molecule has 1 fully saturated rings. The number of rotatable bonds is 7. The lowest BCUT2D eigenvalue weighted by Gasteiger charge is -2.27. The zero-order chi connectivity index (χ0) is 22.2. The average molecular weight is 431 g/mol. The van der Waals surface area contributed by atoms with Crippen molar-refractivity contribution >= 4 is 17.5 Å². The second-order valence-corrected chi connectivity index (χ2v) is 7.51. The number of morpholine rings is 1. The molecule has 1 saturated heterocycles. The number of carbonyl (C=O) groups excluding carboxylic acids is 2. The molecule has 1 aliphatic rings. The maximum absolute atomic E-state index is 12.9. The lowest BCUT2D eigenvalue weighted by atomic mass is 10.1. The molecule has 6 heteroatoms. The van der Waals surface area contributed by atoms with Gasteiger partial charge >= 0.3 is 0 Å². The fourth-order valence-electron chi connectivity index (χ4n) is 3.54. The summed E-state index contributed by atoms with van der Waals surface area (Å²) in [5, 5.41) is 2.87.